The molecule has 0 aromatic carbocycles. The summed E-state index contributed by atoms with van der Waals surface area (Å²) in [5.41, 5.74) is 4.76. The molecule has 0 radical (unpaired) electrons. The molecule has 0 saturated carbocycles. The summed E-state index contributed by atoms with van der Waals surface area (Å²) in [6, 6.07) is 0. The first-order chi connectivity index (χ1) is 8.70. The van der Waals surface area contributed by atoms with Crippen LogP contribution in [0.4, 0.5) is 0 Å². The number of likely N-dealkylation sites (tertiary alicyclic amines) is 1. The number of carbonyl (C=O) groups excluding carboxylic acids is 1. The summed E-state index contributed by atoms with van der Waals surface area (Å²) in [4.78, 5) is 25.3. The quantitative estimate of drug-likeness (QED) is 0.795. The molecule has 1 unspecified atom stereocenters. The lowest BCUT2D eigenvalue weighted by Crippen LogP contribution is -2.50. The zero-order valence-electron chi connectivity index (χ0n) is 12.2. The highest BCUT2D eigenvalue weighted by Crippen LogP contribution is 2.34. The number of hydrogen-bond acceptors (Lipinski definition) is 3. The minimum atomic E-state index is -0.786. The van der Waals surface area contributed by atoms with Crippen molar-refractivity contribution in [1.29, 1.82) is 0 Å². The molecule has 5 heteroatoms. The number of carboxylic acid groups (broad SMARTS) is 1. The molecule has 0 bridgehead atoms. The molecular formula is C14H26N2O3. The predicted octanol–water partition coefficient (Wildman–Crippen LogP) is 1.61. The second-order valence-corrected chi connectivity index (χ2v) is 6.35. The van der Waals surface area contributed by atoms with Gasteiger partial charge in [-0.05, 0) is 39.5 Å². The van der Waals surface area contributed by atoms with Gasteiger partial charge < -0.3 is 15.7 Å². The Morgan fingerprint density at radius 1 is 1.42 bits per heavy atom. The van der Waals surface area contributed by atoms with Gasteiger partial charge in [0.1, 0.15) is 0 Å². The van der Waals surface area contributed by atoms with Gasteiger partial charge in [-0.1, -0.05) is 6.92 Å². The van der Waals surface area contributed by atoms with Crippen LogP contribution < -0.4 is 5.73 Å². The number of aliphatic carboxylic acids is 1. The third-order valence-electron chi connectivity index (χ3n) is 4.04. The topological polar surface area (TPSA) is 83.6 Å². The van der Waals surface area contributed by atoms with E-state index in [9.17, 15) is 14.7 Å². The third-order valence-corrected chi connectivity index (χ3v) is 4.04. The SMILES string of the molecule is CCC1(C(=O)O)CCCN(C(=O)CCC(C)(C)N)C1. The smallest absolute Gasteiger partial charge is 0.311 e. The van der Waals surface area contributed by atoms with Crippen molar-refractivity contribution in [1.82, 2.24) is 4.90 Å². The van der Waals surface area contributed by atoms with E-state index in [0.29, 0.717) is 38.8 Å². The van der Waals surface area contributed by atoms with Crippen LogP contribution in [-0.2, 0) is 9.59 Å². The van der Waals surface area contributed by atoms with Crippen LogP contribution in [0.5, 0.6) is 0 Å². The maximum atomic E-state index is 12.1. The fourth-order valence-corrected chi connectivity index (χ4v) is 2.55. The Bertz CT molecular complexity index is 349. The third kappa shape index (κ3) is 4.20. The zero-order chi connectivity index (χ0) is 14.7. The van der Waals surface area contributed by atoms with E-state index in [1.165, 1.54) is 0 Å². The van der Waals surface area contributed by atoms with Crippen LogP contribution in [0.15, 0.2) is 0 Å². The first-order valence-electron chi connectivity index (χ1n) is 7.00. The molecule has 1 saturated heterocycles. The zero-order valence-corrected chi connectivity index (χ0v) is 12.2. The molecule has 110 valence electrons. The van der Waals surface area contributed by atoms with Crippen LogP contribution in [0.1, 0.15) is 52.9 Å². The normalized spacial score (nSPS) is 24.3. The molecule has 1 aliphatic rings. The van der Waals surface area contributed by atoms with E-state index < -0.39 is 11.4 Å². The van der Waals surface area contributed by atoms with Crippen molar-refractivity contribution in [3.63, 3.8) is 0 Å². The van der Waals surface area contributed by atoms with Crippen LogP contribution >= 0.6 is 0 Å². The number of amides is 1. The fraction of sp³-hybridized carbons (Fsp3) is 0.857. The van der Waals surface area contributed by atoms with Gasteiger partial charge in [0, 0.05) is 25.0 Å². The van der Waals surface area contributed by atoms with Crippen LogP contribution in [0, 0.1) is 5.41 Å². The minimum Gasteiger partial charge on any atom is -0.481 e. The Morgan fingerprint density at radius 3 is 2.53 bits per heavy atom. The molecule has 0 aromatic heterocycles. The lowest BCUT2D eigenvalue weighted by molar-refractivity contribution is -0.155. The van der Waals surface area contributed by atoms with Gasteiger partial charge in [0.05, 0.1) is 5.41 Å². The molecule has 1 heterocycles. The number of carboxylic acids is 1. The molecular weight excluding hydrogens is 244 g/mol. The van der Waals surface area contributed by atoms with E-state index in [2.05, 4.69) is 0 Å². The monoisotopic (exact) mass is 270 g/mol. The maximum absolute atomic E-state index is 12.1. The summed E-state index contributed by atoms with van der Waals surface area (Å²) >= 11 is 0. The lowest BCUT2D eigenvalue weighted by Gasteiger charge is -2.39. The highest BCUT2D eigenvalue weighted by Gasteiger charge is 2.41. The van der Waals surface area contributed by atoms with Crippen molar-refractivity contribution in [2.45, 2.75) is 58.4 Å². The molecule has 1 aliphatic heterocycles. The molecule has 0 aliphatic carbocycles. The Hall–Kier alpha value is -1.10. The largest absolute Gasteiger partial charge is 0.481 e. The van der Waals surface area contributed by atoms with Gasteiger partial charge in [0.25, 0.3) is 0 Å². The molecule has 0 aromatic rings. The second-order valence-electron chi connectivity index (χ2n) is 6.35. The number of piperidine rings is 1. The summed E-state index contributed by atoms with van der Waals surface area (Å²) in [7, 11) is 0. The van der Waals surface area contributed by atoms with Gasteiger partial charge in [-0.2, -0.15) is 0 Å². The van der Waals surface area contributed by atoms with E-state index in [4.69, 9.17) is 5.73 Å². The van der Waals surface area contributed by atoms with Crippen molar-refractivity contribution in [3.8, 4) is 0 Å². The number of rotatable bonds is 5. The number of hydrogen-bond donors (Lipinski definition) is 2. The average Bonchev–Trinajstić information content (AvgIpc) is 2.34. The number of nitrogens with zero attached hydrogens (tertiary/aromatic N) is 1. The van der Waals surface area contributed by atoms with E-state index in [1.54, 1.807) is 4.90 Å². The summed E-state index contributed by atoms with van der Waals surface area (Å²) in [6.07, 6.45) is 2.99. The van der Waals surface area contributed by atoms with Crippen molar-refractivity contribution >= 4 is 11.9 Å². The summed E-state index contributed by atoms with van der Waals surface area (Å²) < 4.78 is 0. The Kier molecular flexibility index (Phi) is 4.96. The Balaban J connectivity index is 2.64. The van der Waals surface area contributed by atoms with Crippen LogP contribution in [0.3, 0.4) is 0 Å². The van der Waals surface area contributed by atoms with Crippen molar-refractivity contribution < 1.29 is 14.7 Å². The van der Waals surface area contributed by atoms with E-state index in [1.807, 2.05) is 20.8 Å². The second kappa shape index (κ2) is 5.90. The first-order valence-corrected chi connectivity index (χ1v) is 7.00. The number of carbonyl (C=O) groups is 2. The fourth-order valence-electron chi connectivity index (χ4n) is 2.55. The minimum absolute atomic E-state index is 0.0253. The molecule has 5 nitrogen and oxygen atoms in total. The van der Waals surface area contributed by atoms with Gasteiger partial charge in [-0.15, -0.1) is 0 Å². The summed E-state index contributed by atoms with van der Waals surface area (Å²) in [5.74, 6) is -0.760. The molecule has 3 N–H and O–H groups in total. The molecule has 1 atom stereocenters. The molecule has 1 fully saturated rings. The standard InChI is InChI=1S/C14H26N2O3/c1-4-14(12(18)19)7-5-9-16(10-14)11(17)6-8-13(2,3)15/h4-10,15H2,1-3H3,(H,18,19). The van der Waals surface area contributed by atoms with Gasteiger partial charge in [-0.25, -0.2) is 0 Å². The number of nitrogens with two attached hydrogens (primary N) is 1. The molecule has 1 rings (SSSR count). The van der Waals surface area contributed by atoms with Crippen LogP contribution in [-0.4, -0.2) is 40.5 Å². The van der Waals surface area contributed by atoms with Gasteiger partial charge in [-0.3, -0.25) is 9.59 Å². The van der Waals surface area contributed by atoms with E-state index in [-0.39, 0.29) is 11.4 Å². The van der Waals surface area contributed by atoms with Crippen LogP contribution in [0.25, 0.3) is 0 Å². The van der Waals surface area contributed by atoms with Crippen LogP contribution in [0.2, 0.25) is 0 Å². The molecule has 0 spiro atoms. The molecule has 19 heavy (non-hydrogen) atoms. The highest BCUT2D eigenvalue weighted by atomic mass is 16.4. The average molecular weight is 270 g/mol. The van der Waals surface area contributed by atoms with Crippen molar-refractivity contribution in [2.75, 3.05) is 13.1 Å². The summed E-state index contributed by atoms with van der Waals surface area (Å²) in [5, 5.41) is 9.39. The van der Waals surface area contributed by atoms with Gasteiger partial charge >= 0.3 is 5.97 Å². The Morgan fingerprint density at radius 2 is 2.05 bits per heavy atom. The first kappa shape index (κ1) is 16.0. The van der Waals surface area contributed by atoms with Gasteiger partial charge in [0.15, 0.2) is 0 Å². The lowest BCUT2D eigenvalue weighted by atomic mass is 9.77. The summed E-state index contributed by atoms with van der Waals surface area (Å²) in [6.45, 7) is 6.67. The Labute approximate surface area is 115 Å². The van der Waals surface area contributed by atoms with Crippen molar-refractivity contribution in [3.05, 3.63) is 0 Å². The van der Waals surface area contributed by atoms with E-state index in [0.717, 1.165) is 6.42 Å². The molecule has 1 amide bonds. The van der Waals surface area contributed by atoms with E-state index >= 15 is 0 Å². The predicted molar refractivity (Wildman–Crippen MR) is 73.7 cm³/mol. The highest BCUT2D eigenvalue weighted by molar-refractivity contribution is 5.79. The maximum Gasteiger partial charge on any atom is 0.311 e. The van der Waals surface area contributed by atoms with Gasteiger partial charge in [0.2, 0.25) is 5.91 Å². The van der Waals surface area contributed by atoms with Crippen molar-refractivity contribution in [2.24, 2.45) is 11.1 Å².